The van der Waals surface area contributed by atoms with Crippen LogP contribution in [0.15, 0.2) is 0 Å². The van der Waals surface area contributed by atoms with E-state index in [0.29, 0.717) is 0 Å². The van der Waals surface area contributed by atoms with E-state index in [1.165, 1.54) is 27.7 Å². The van der Waals surface area contributed by atoms with E-state index >= 15 is 0 Å². The fourth-order valence-electron chi connectivity index (χ4n) is 3.80. The van der Waals surface area contributed by atoms with Crippen LogP contribution in [0.25, 0.3) is 0 Å². The van der Waals surface area contributed by atoms with Gasteiger partial charge in [-0.25, -0.2) is 0 Å². The normalized spacial score (nSPS) is 29.5. The maximum absolute atomic E-state index is 11.9. The number of ether oxygens (including phenoxy) is 5. The van der Waals surface area contributed by atoms with Crippen molar-refractivity contribution in [3.8, 4) is 0 Å². The quantitative estimate of drug-likeness (QED) is 0.466. The van der Waals surface area contributed by atoms with Crippen molar-refractivity contribution < 1.29 is 42.9 Å². The SMILES string of the molecule is CC(=O)NC1[C@H](OC2CCCCC2)OC(COC(C)=O)[C@@H](OC(C)=O)[C@@H]1OC(C)=O. The molecule has 170 valence electrons. The Morgan fingerprint density at radius 2 is 1.47 bits per heavy atom. The second kappa shape index (κ2) is 11.3. The lowest BCUT2D eigenvalue weighted by molar-refractivity contribution is -0.289. The van der Waals surface area contributed by atoms with Crippen molar-refractivity contribution in [3.05, 3.63) is 0 Å². The van der Waals surface area contributed by atoms with Crippen LogP contribution < -0.4 is 5.32 Å². The lowest BCUT2D eigenvalue weighted by Crippen LogP contribution is -2.67. The number of rotatable bonds is 7. The molecule has 2 unspecified atom stereocenters. The fraction of sp³-hybridized carbons (Fsp3) is 0.800. The molecular weight excluding hydrogens is 398 g/mol. The Kier molecular flexibility index (Phi) is 9.04. The lowest BCUT2D eigenvalue weighted by atomic mass is 9.94. The monoisotopic (exact) mass is 429 g/mol. The number of carbonyl (C=O) groups is 4. The van der Waals surface area contributed by atoms with Crippen molar-refractivity contribution in [2.45, 2.75) is 96.5 Å². The molecule has 10 nitrogen and oxygen atoms in total. The van der Waals surface area contributed by atoms with Gasteiger partial charge >= 0.3 is 17.9 Å². The maximum Gasteiger partial charge on any atom is 0.303 e. The van der Waals surface area contributed by atoms with Crippen molar-refractivity contribution in [1.29, 1.82) is 0 Å². The minimum Gasteiger partial charge on any atom is -0.463 e. The number of amides is 1. The molecule has 0 aromatic heterocycles. The summed E-state index contributed by atoms with van der Waals surface area (Å²) in [4.78, 5) is 46.7. The van der Waals surface area contributed by atoms with Crippen molar-refractivity contribution in [3.63, 3.8) is 0 Å². The standard InChI is InChI=1S/C20H31NO9/c1-11(22)21-17-19(28-14(4)25)18(27-13(3)24)16(10-26-12(2)23)30-20(17)29-15-8-6-5-7-9-15/h15-20H,5-10H2,1-4H3,(H,21,22)/t16?,17?,18-,19-,20-/m1/s1. The molecule has 2 fully saturated rings. The van der Waals surface area contributed by atoms with Gasteiger partial charge in [0, 0.05) is 27.7 Å². The molecule has 0 radical (unpaired) electrons. The molecule has 30 heavy (non-hydrogen) atoms. The first-order valence-corrected chi connectivity index (χ1v) is 10.2. The predicted molar refractivity (Wildman–Crippen MR) is 102 cm³/mol. The van der Waals surface area contributed by atoms with Gasteiger partial charge in [0.05, 0.1) is 6.10 Å². The number of carbonyl (C=O) groups excluding carboxylic acids is 4. The Balaban J connectivity index is 2.34. The van der Waals surface area contributed by atoms with Crippen LogP contribution in [-0.2, 0) is 42.9 Å². The summed E-state index contributed by atoms with van der Waals surface area (Å²) in [5.41, 5.74) is 0. The Morgan fingerprint density at radius 1 is 0.867 bits per heavy atom. The summed E-state index contributed by atoms with van der Waals surface area (Å²) in [6, 6.07) is -0.911. The van der Waals surface area contributed by atoms with E-state index in [0.717, 1.165) is 32.1 Å². The van der Waals surface area contributed by atoms with Crippen LogP contribution in [0.2, 0.25) is 0 Å². The van der Waals surface area contributed by atoms with Gasteiger partial charge in [-0.05, 0) is 12.8 Å². The molecule has 0 aromatic rings. The van der Waals surface area contributed by atoms with Crippen LogP contribution in [0.5, 0.6) is 0 Å². The predicted octanol–water partition coefficient (Wildman–Crippen LogP) is 0.992. The Bertz CT molecular complexity index is 632. The van der Waals surface area contributed by atoms with Gasteiger partial charge in [-0.2, -0.15) is 0 Å². The zero-order valence-electron chi connectivity index (χ0n) is 17.9. The Hall–Kier alpha value is -2.20. The van der Waals surface area contributed by atoms with Crippen LogP contribution in [0.4, 0.5) is 0 Å². The molecule has 1 saturated carbocycles. The second-order valence-corrected chi connectivity index (χ2v) is 7.62. The summed E-state index contributed by atoms with van der Waals surface area (Å²) in [5, 5.41) is 2.70. The smallest absolute Gasteiger partial charge is 0.303 e. The highest BCUT2D eigenvalue weighted by molar-refractivity contribution is 5.73. The molecular formula is C20H31NO9. The molecule has 0 aromatic carbocycles. The molecule has 1 N–H and O–H groups in total. The van der Waals surface area contributed by atoms with Crippen molar-refractivity contribution in [2.75, 3.05) is 6.61 Å². The summed E-state index contributed by atoms with van der Waals surface area (Å²) in [5.74, 6) is -2.20. The van der Waals surface area contributed by atoms with Crippen molar-refractivity contribution in [1.82, 2.24) is 5.32 Å². The topological polar surface area (TPSA) is 126 Å². The second-order valence-electron chi connectivity index (χ2n) is 7.62. The number of hydrogen-bond donors (Lipinski definition) is 1. The van der Waals surface area contributed by atoms with E-state index in [1.807, 2.05) is 0 Å². The molecule has 1 aliphatic heterocycles. The Morgan fingerprint density at radius 3 is 2.00 bits per heavy atom. The molecule has 1 amide bonds. The average Bonchev–Trinajstić information content (AvgIpc) is 2.64. The third-order valence-corrected chi connectivity index (χ3v) is 4.95. The van der Waals surface area contributed by atoms with Crippen LogP contribution in [-0.4, -0.2) is 67.2 Å². The highest BCUT2D eigenvalue weighted by Gasteiger charge is 2.51. The van der Waals surface area contributed by atoms with Gasteiger partial charge in [0.1, 0.15) is 18.8 Å². The summed E-state index contributed by atoms with van der Waals surface area (Å²) in [6.45, 7) is 4.73. The zero-order valence-corrected chi connectivity index (χ0v) is 17.9. The van der Waals surface area contributed by atoms with Gasteiger partial charge in [0.15, 0.2) is 18.5 Å². The van der Waals surface area contributed by atoms with E-state index in [9.17, 15) is 19.2 Å². The van der Waals surface area contributed by atoms with Crippen LogP contribution in [0.3, 0.4) is 0 Å². The summed E-state index contributed by atoms with van der Waals surface area (Å²) >= 11 is 0. The third-order valence-electron chi connectivity index (χ3n) is 4.95. The van der Waals surface area contributed by atoms with Gasteiger partial charge in [0.25, 0.3) is 0 Å². The minimum atomic E-state index is -1.10. The molecule has 1 heterocycles. The van der Waals surface area contributed by atoms with E-state index in [4.69, 9.17) is 23.7 Å². The number of nitrogens with one attached hydrogen (secondary N) is 1. The third kappa shape index (κ3) is 7.24. The molecule has 2 rings (SSSR count). The lowest BCUT2D eigenvalue weighted by Gasteiger charge is -2.46. The largest absolute Gasteiger partial charge is 0.463 e. The number of hydrogen-bond acceptors (Lipinski definition) is 9. The maximum atomic E-state index is 11.9. The van der Waals surface area contributed by atoms with E-state index in [2.05, 4.69) is 5.32 Å². The molecule has 1 aliphatic carbocycles. The van der Waals surface area contributed by atoms with Crippen LogP contribution >= 0.6 is 0 Å². The Labute approximate surface area is 175 Å². The minimum absolute atomic E-state index is 0.0855. The highest BCUT2D eigenvalue weighted by Crippen LogP contribution is 2.31. The van der Waals surface area contributed by atoms with Gasteiger partial charge in [-0.3, -0.25) is 19.2 Å². The van der Waals surface area contributed by atoms with Crippen molar-refractivity contribution >= 4 is 23.8 Å². The van der Waals surface area contributed by atoms with Crippen LogP contribution in [0, 0.1) is 0 Å². The van der Waals surface area contributed by atoms with Gasteiger partial charge < -0.3 is 29.0 Å². The van der Waals surface area contributed by atoms with E-state index in [-0.39, 0.29) is 12.7 Å². The summed E-state index contributed by atoms with van der Waals surface area (Å²) in [6.07, 6.45) is 0.643. The summed E-state index contributed by atoms with van der Waals surface area (Å²) in [7, 11) is 0. The zero-order chi connectivity index (χ0) is 22.3. The van der Waals surface area contributed by atoms with Crippen LogP contribution in [0.1, 0.15) is 59.8 Å². The molecule has 0 spiro atoms. The fourth-order valence-corrected chi connectivity index (χ4v) is 3.80. The van der Waals surface area contributed by atoms with Gasteiger partial charge in [-0.15, -0.1) is 0 Å². The molecule has 10 heteroatoms. The van der Waals surface area contributed by atoms with E-state index in [1.54, 1.807) is 0 Å². The van der Waals surface area contributed by atoms with Gasteiger partial charge in [-0.1, -0.05) is 19.3 Å². The molecule has 0 bridgehead atoms. The highest BCUT2D eigenvalue weighted by atomic mass is 16.7. The summed E-state index contributed by atoms with van der Waals surface area (Å²) < 4.78 is 28.0. The first-order chi connectivity index (χ1) is 14.2. The molecule has 5 atom stereocenters. The number of esters is 3. The van der Waals surface area contributed by atoms with Gasteiger partial charge in [0.2, 0.25) is 5.91 Å². The van der Waals surface area contributed by atoms with Crippen molar-refractivity contribution in [2.24, 2.45) is 0 Å². The first kappa shape index (κ1) is 24.1. The van der Waals surface area contributed by atoms with E-state index < -0.39 is 54.5 Å². The average molecular weight is 429 g/mol. The molecule has 1 saturated heterocycles. The first-order valence-electron chi connectivity index (χ1n) is 10.2. The molecule has 2 aliphatic rings.